The molecule has 20 heavy (non-hydrogen) atoms. The van der Waals surface area contributed by atoms with E-state index in [2.05, 4.69) is 6.92 Å². The van der Waals surface area contributed by atoms with E-state index in [4.69, 9.17) is 11.6 Å². The molecule has 4 nitrogen and oxygen atoms in total. The fourth-order valence-corrected chi connectivity index (χ4v) is 5.46. The van der Waals surface area contributed by atoms with Crippen LogP contribution in [0.1, 0.15) is 51.9 Å². The Kier molecular flexibility index (Phi) is 6.14. The summed E-state index contributed by atoms with van der Waals surface area (Å²) in [5.74, 6) is 1.01. The third-order valence-corrected chi connectivity index (χ3v) is 6.91. The molecule has 2 fully saturated rings. The zero-order valence-corrected chi connectivity index (χ0v) is 14.0. The van der Waals surface area contributed by atoms with Crippen molar-refractivity contribution in [1.29, 1.82) is 0 Å². The van der Waals surface area contributed by atoms with Crippen LogP contribution in [0.5, 0.6) is 0 Å². The lowest BCUT2D eigenvalue weighted by molar-refractivity contribution is 0.222. The number of halogens is 1. The van der Waals surface area contributed by atoms with Crippen LogP contribution in [0.3, 0.4) is 0 Å². The van der Waals surface area contributed by atoms with Gasteiger partial charge in [0.05, 0.1) is 0 Å². The first-order valence-electron chi connectivity index (χ1n) is 7.88. The third kappa shape index (κ3) is 3.87. The molecular formula is C14H27ClN2O2S. The first-order chi connectivity index (χ1) is 9.55. The number of hydrogen-bond donors (Lipinski definition) is 0. The summed E-state index contributed by atoms with van der Waals surface area (Å²) < 4.78 is 29.1. The van der Waals surface area contributed by atoms with E-state index in [1.165, 1.54) is 6.42 Å². The van der Waals surface area contributed by atoms with Crippen LogP contribution in [0, 0.1) is 5.92 Å². The fraction of sp³-hybridized carbons (Fsp3) is 1.00. The molecule has 0 amide bonds. The maximum Gasteiger partial charge on any atom is 0.282 e. The Bertz CT molecular complexity index is 388. The van der Waals surface area contributed by atoms with E-state index in [0.29, 0.717) is 31.4 Å². The molecule has 1 heterocycles. The molecule has 1 saturated carbocycles. The van der Waals surface area contributed by atoms with Gasteiger partial charge in [-0.25, -0.2) is 0 Å². The second kappa shape index (κ2) is 7.43. The Balaban J connectivity index is 2.09. The largest absolute Gasteiger partial charge is 0.282 e. The van der Waals surface area contributed by atoms with E-state index in [1.807, 2.05) is 0 Å². The zero-order chi connectivity index (χ0) is 14.6. The van der Waals surface area contributed by atoms with Crippen molar-refractivity contribution in [2.24, 2.45) is 5.92 Å². The monoisotopic (exact) mass is 322 g/mol. The predicted octanol–water partition coefficient (Wildman–Crippen LogP) is 2.84. The van der Waals surface area contributed by atoms with Gasteiger partial charge in [-0.2, -0.15) is 17.0 Å². The van der Waals surface area contributed by atoms with E-state index in [-0.39, 0.29) is 6.04 Å². The highest BCUT2D eigenvalue weighted by Gasteiger charge is 2.36. The highest BCUT2D eigenvalue weighted by molar-refractivity contribution is 7.86. The summed E-state index contributed by atoms with van der Waals surface area (Å²) in [6.45, 7) is 3.96. The van der Waals surface area contributed by atoms with Crippen molar-refractivity contribution >= 4 is 21.8 Å². The minimum absolute atomic E-state index is 0.159. The minimum Gasteiger partial charge on any atom is -0.195 e. The molecule has 6 heteroatoms. The Labute approximate surface area is 128 Å². The molecule has 1 aliphatic carbocycles. The molecule has 2 aliphatic rings. The van der Waals surface area contributed by atoms with Crippen LogP contribution in [0.2, 0.25) is 0 Å². The molecule has 0 N–H and O–H groups in total. The van der Waals surface area contributed by atoms with Crippen molar-refractivity contribution in [3.63, 3.8) is 0 Å². The number of piperidine rings is 1. The molecule has 0 spiro atoms. The zero-order valence-electron chi connectivity index (χ0n) is 12.4. The number of hydrogen-bond acceptors (Lipinski definition) is 2. The van der Waals surface area contributed by atoms with E-state index >= 15 is 0 Å². The molecule has 1 saturated heterocycles. The number of nitrogens with zero attached hydrogens (tertiary/aromatic N) is 2. The van der Waals surface area contributed by atoms with Crippen molar-refractivity contribution in [1.82, 2.24) is 8.61 Å². The van der Waals surface area contributed by atoms with Gasteiger partial charge in [0.2, 0.25) is 0 Å². The molecule has 2 rings (SSSR count). The number of rotatable bonds is 5. The van der Waals surface area contributed by atoms with Gasteiger partial charge < -0.3 is 0 Å². The van der Waals surface area contributed by atoms with Crippen LogP contribution >= 0.6 is 11.6 Å². The van der Waals surface area contributed by atoms with Crippen LogP contribution in [-0.4, -0.2) is 48.6 Å². The summed E-state index contributed by atoms with van der Waals surface area (Å²) in [5, 5.41) is 0. The number of alkyl halides is 1. The van der Waals surface area contributed by atoms with Crippen molar-refractivity contribution in [2.75, 3.05) is 25.5 Å². The average molecular weight is 323 g/mol. The highest BCUT2D eigenvalue weighted by Crippen LogP contribution is 2.28. The highest BCUT2D eigenvalue weighted by atomic mass is 35.5. The molecule has 0 radical (unpaired) electrons. The maximum atomic E-state index is 12.9. The summed E-state index contributed by atoms with van der Waals surface area (Å²) in [5.41, 5.74) is 0. The van der Waals surface area contributed by atoms with E-state index in [1.54, 1.807) is 8.61 Å². The van der Waals surface area contributed by atoms with Crippen LogP contribution in [0.4, 0.5) is 0 Å². The molecule has 0 atom stereocenters. The van der Waals surface area contributed by atoms with E-state index < -0.39 is 10.2 Å². The minimum atomic E-state index is -3.33. The Morgan fingerprint density at radius 2 is 1.70 bits per heavy atom. The molecule has 0 bridgehead atoms. The van der Waals surface area contributed by atoms with Gasteiger partial charge in [-0.15, -0.1) is 11.6 Å². The Hall–Kier alpha value is 0.160. The molecule has 118 valence electrons. The van der Waals surface area contributed by atoms with Crippen molar-refractivity contribution < 1.29 is 8.42 Å². The summed E-state index contributed by atoms with van der Waals surface area (Å²) in [6.07, 6.45) is 7.41. The van der Waals surface area contributed by atoms with Crippen molar-refractivity contribution in [3.8, 4) is 0 Å². The van der Waals surface area contributed by atoms with Crippen molar-refractivity contribution in [2.45, 2.75) is 57.9 Å². The van der Waals surface area contributed by atoms with Crippen LogP contribution in [0.15, 0.2) is 0 Å². The smallest absolute Gasteiger partial charge is 0.195 e. The first-order valence-corrected chi connectivity index (χ1v) is 9.81. The van der Waals surface area contributed by atoms with Crippen LogP contribution < -0.4 is 0 Å². The summed E-state index contributed by atoms with van der Waals surface area (Å²) >= 11 is 5.86. The molecule has 0 aromatic heterocycles. The normalized spacial score (nSPS) is 24.4. The standard InChI is InChI=1S/C14H27ClN2O2S/c1-13-7-10-16(11-8-13)20(18,19)17(12-9-15)14-5-3-2-4-6-14/h13-14H,2-12H2,1H3. The Morgan fingerprint density at radius 3 is 2.25 bits per heavy atom. The predicted molar refractivity (Wildman–Crippen MR) is 83.2 cm³/mol. The van der Waals surface area contributed by atoms with Gasteiger partial charge in [0, 0.05) is 31.6 Å². The molecule has 1 aliphatic heterocycles. The summed E-state index contributed by atoms with van der Waals surface area (Å²) in [4.78, 5) is 0. The van der Waals surface area contributed by atoms with Gasteiger partial charge >= 0.3 is 0 Å². The lowest BCUT2D eigenvalue weighted by atomic mass is 9.95. The van der Waals surface area contributed by atoms with Gasteiger partial charge in [0.1, 0.15) is 0 Å². The lowest BCUT2D eigenvalue weighted by Gasteiger charge is -2.38. The lowest BCUT2D eigenvalue weighted by Crippen LogP contribution is -2.51. The molecule has 0 aromatic rings. The molecule has 0 aromatic carbocycles. The molecular weight excluding hydrogens is 296 g/mol. The fourth-order valence-electron chi connectivity index (χ4n) is 3.30. The van der Waals surface area contributed by atoms with E-state index in [0.717, 1.165) is 38.5 Å². The topological polar surface area (TPSA) is 40.6 Å². The van der Waals surface area contributed by atoms with E-state index in [9.17, 15) is 8.42 Å². The first kappa shape index (κ1) is 16.5. The van der Waals surface area contributed by atoms with Gasteiger partial charge in [0.25, 0.3) is 10.2 Å². The van der Waals surface area contributed by atoms with Crippen LogP contribution in [0.25, 0.3) is 0 Å². The second-order valence-corrected chi connectivity index (χ2v) is 8.44. The third-order valence-electron chi connectivity index (χ3n) is 4.65. The Morgan fingerprint density at radius 1 is 1.10 bits per heavy atom. The van der Waals surface area contributed by atoms with Gasteiger partial charge in [-0.05, 0) is 31.6 Å². The summed E-state index contributed by atoms with van der Waals surface area (Å²) in [6, 6.07) is 0.159. The SMILES string of the molecule is CC1CCN(S(=O)(=O)N(CCCl)C2CCCCC2)CC1. The van der Waals surface area contributed by atoms with Gasteiger partial charge in [-0.1, -0.05) is 26.2 Å². The van der Waals surface area contributed by atoms with Crippen LogP contribution in [-0.2, 0) is 10.2 Å². The van der Waals surface area contributed by atoms with Gasteiger partial charge in [0.15, 0.2) is 0 Å². The van der Waals surface area contributed by atoms with Gasteiger partial charge in [-0.3, -0.25) is 0 Å². The average Bonchev–Trinajstić information content (AvgIpc) is 2.46. The quantitative estimate of drug-likeness (QED) is 0.730. The van der Waals surface area contributed by atoms with Crippen molar-refractivity contribution in [3.05, 3.63) is 0 Å². The molecule has 0 unspecified atom stereocenters. The summed E-state index contributed by atoms with van der Waals surface area (Å²) in [7, 11) is -3.33. The second-order valence-electron chi connectivity index (χ2n) is 6.18. The maximum absolute atomic E-state index is 12.9.